The molecule has 0 aliphatic heterocycles. The standard InChI is InChI=1S/C19H20N2O5.C17H10Cl4O5/c22-17(12-20-19(25)26-13-15-9-5-2-6-10-15)21-16(18(23)24)11-14-7-3-1-4-8-14;18-7-3-1-4-8(19)11(7)13(16(23)24)15(22)14(17(25)26)12-9(20)5-2-6-10(12)21/h1-10,16H,11-13H2,(H,20,25)(H,21,22)(H,23,24);1-6,13-14H,(H,23,24)(H,25,26)/t16-;/m0./s1. The zero-order valence-electron chi connectivity index (χ0n) is 26.8. The third-order valence-electron chi connectivity index (χ3n) is 7.16. The lowest BCUT2D eigenvalue weighted by Crippen LogP contribution is -2.46. The predicted octanol–water partition coefficient (Wildman–Crippen LogP) is 6.63. The Bertz CT molecular complexity index is 1800. The maximum Gasteiger partial charge on any atom is 0.407 e. The first-order chi connectivity index (χ1) is 24.7. The lowest BCUT2D eigenvalue weighted by Gasteiger charge is -2.21. The van der Waals surface area contributed by atoms with Crippen molar-refractivity contribution in [3.63, 3.8) is 0 Å². The molecule has 0 radical (unpaired) electrons. The highest BCUT2D eigenvalue weighted by molar-refractivity contribution is 6.39. The minimum absolute atomic E-state index is 0.0763. The first-order valence-corrected chi connectivity index (χ1v) is 16.6. The summed E-state index contributed by atoms with van der Waals surface area (Å²) in [5, 5.41) is 32.7. The second kappa shape index (κ2) is 20.0. The topological polar surface area (TPSA) is 196 Å². The SMILES string of the molecule is O=C(CNC(=O)OCc1ccccc1)N[C@@H](Cc1ccccc1)C(=O)O.O=C(O)C(C(=O)C(C(=O)O)c1c(Cl)cccc1Cl)c1c(Cl)cccc1Cl. The van der Waals surface area contributed by atoms with Crippen molar-refractivity contribution in [3.8, 4) is 0 Å². The number of alkyl carbamates (subject to hydrolysis) is 1. The first-order valence-electron chi connectivity index (χ1n) is 15.1. The summed E-state index contributed by atoms with van der Waals surface area (Å²) >= 11 is 24.0. The molecular weight excluding hydrogens is 762 g/mol. The molecule has 0 aromatic heterocycles. The number of halogens is 4. The van der Waals surface area contributed by atoms with E-state index in [1.807, 2.05) is 24.3 Å². The van der Waals surface area contributed by atoms with Gasteiger partial charge in [-0.3, -0.25) is 19.2 Å². The molecule has 5 N–H and O–H groups in total. The molecule has 12 nitrogen and oxygen atoms in total. The number of carbonyl (C=O) groups is 6. The lowest BCUT2D eigenvalue weighted by atomic mass is 9.83. The van der Waals surface area contributed by atoms with Crippen LogP contribution in [0.4, 0.5) is 4.79 Å². The Labute approximate surface area is 317 Å². The number of carboxylic acids is 3. The van der Waals surface area contributed by atoms with Crippen molar-refractivity contribution in [2.45, 2.75) is 30.9 Å². The fourth-order valence-electron chi connectivity index (χ4n) is 4.74. The Kier molecular flexibility index (Phi) is 15.9. The highest BCUT2D eigenvalue weighted by Crippen LogP contribution is 2.39. The highest BCUT2D eigenvalue weighted by Gasteiger charge is 2.42. The average Bonchev–Trinajstić information content (AvgIpc) is 3.10. The molecule has 0 aliphatic rings. The van der Waals surface area contributed by atoms with Crippen LogP contribution in [-0.4, -0.2) is 63.6 Å². The van der Waals surface area contributed by atoms with Crippen LogP contribution in [0.2, 0.25) is 20.1 Å². The maximum absolute atomic E-state index is 12.9. The minimum Gasteiger partial charge on any atom is -0.480 e. The van der Waals surface area contributed by atoms with Gasteiger partial charge in [0.25, 0.3) is 0 Å². The number of carboxylic acid groups (broad SMARTS) is 3. The van der Waals surface area contributed by atoms with Gasteiger partial charge in [-0.15, -0.1) is 0 Å². The van der Waals surface area contributed by atoms with Crippen molar-refractivity contribution in [2.75, 3.05) is 6.54 Å². The van der Waals surface area contributed by atoms with Gasteiger partial charge in [-0.25, -0.2) is 9.59 Å². The van der Waals surface area contributed by atoms with Crippen LogP contribution in [0.25, 0.3) is 0 Å². The molecule has 4 rings (SSSR count). The molecule has 4 aromatic rings. The van der Waals surface area contributed by atoms with E-state index in [2.05, 4.69) is 10.6 Å². The van der Waals surface area contributed by atoms with Gasteiger partial charge in [-0.05, 0) is 35.4 Å². The summed E-state index contributed by atoms with van der Waals surface area (Å²) in [5.74, 6) is -9.94. The van der Waals surface area contributed by atoms with Crippen molar-refractivity contribution < 1.29 is 48.8 Å². The third-order valence-corrected chi connectivity index (χ3v) is 8.48. The fraction of sp³-hybridized carbons (Fsp3) is 0.167. The number of aliphatic carboxylic acids is 3. The second-order valence-corrected chi connectivity index (χ2v) is 12.4. The van der Waals surface area contributed by atoms with Crippen LogP contribution in [0.15, 0.2) is 97.1 Å². The van der Waals surface area contributed by atoms with Crippen LogP contribution >= 0.6 is 46.4 Å². The monoisotopic (exact) mass is 790 g/mol. The predicted molar refractivity (Wildman–Crippen MR) is 193 cm³/mol. The Morgan fingerprint density at radius 3 is 1.40 bits per heavy atom. The normalized spacial score (nSPS) is 12.2. The van der Waals surface area contributed by atoms with Crippen LogP contribution in [0.1, 0.15) is 34.1 Å². The van der Waals surface area contributed by atoms with Crippen LogP contribution in [0, 0.1) is 0 Å². The molecule has 3 atom stereocenters. The minimum atomic E-state index is -1.91. The molecule has 0 aliphatic carbocycles. The third kappa shape index (κ3) is 12.0. The number of Topliss-reactive ketones (excluding diaryl/α,β-unsaturated/α-hetero) is 1. The number of carbonyl (C=O) groups excluding carboxylic acids is 3. The molecule has 0 saturated heterocycles. The highest BCUT2D eigenvalue weighted by atomic mass is 35.5. The quantitative estimate of drug-likeness (QED) is 0.0865. The summed E-state index contributed by atoms with van der Waals surface area (Å²) < 4.78 is 4.98. The van der Waals surface area contributed by atoms with Crippen LogP contribution in [-0.2, 0) is 41.7 Å². The summed E-state index contributed by atoms with van der Waals surface area (Å²) in [6, 6.07) is 25.3. The number of ketones is 1. The smallest absolute Gasteiger partial charge is 0.407 e. The van der Waals surface area contributed by atoms with Gasteiger partial charge >= 0.3 is 24.0 Å². The van der Waals surface area contributed by atoms with E-state index in [4.69, 9.17) is 51.1 Å². The van der Waals surface area contributed by atoms with Gasteiger partial charge in [0.05, 0.1) is 0 Å². The van der Waals surface area contributed by atoms with E-state index in [1.54, 1.807) is 36.4 Å². The van der Waals surface area contributed by atoms with Gasteiger partial charge in [0.1, 0.15) is 31.0 Å². The molecule has 2 unspecified atom stereocenters. The van der Waals surface area contributed by atoms with Gasteiger partial charge in [-0.2, -0.15) is 0 Å². The van der Waals surface area contributed by atoms with Crippen molar-refractivity contribution in [2.24, 2.45) is 0 Å². The maximum atomic E-state index is 12.9. The number of nitrogens with one attached hydrogen (secondary N) is 2. The second-order valence-electron chi connectivity index (χ2n) is 10.8. The average molecular weight is 792 g/mol. The van der Waals surface area contributed by atoms with E-state index >= 15 is 0 Å². The zero-order chi connectivity index (χ0) is 38.4. The van der Waals surface area contributed by atoms with Crippen LogP contribution < -0.4 is 10.6 Å². The first kappa shape index (κ1) is 41.3. The van der Waals surface area contributed by atoms with E-state index in [0.29, 0.717) is 0 Å². The molecule has 52 heavy (non-hydrogen) atoms. The number of ether oxygens (including phenoxy) is 1. The number of hydrogen-bond donors (Lipinski definition) is 5. The molecule has 0 fully saturated rings. The Hall–Kier alpha value is -5.14. The van der Waals surface area contributed by atoms with E-state index in [0.717, 1.165) is 11.1 Å². The van der Waals surface area contributed by atoms with Gasteiger partial charge in [0.2, 0.25) is 5.91 Å². The molecule has 0 saturated carbocycles. The van der Waals surface area contributed by atoms with E-state index in [-0.39, 0.29) is 50.8 Å². The van der Waals surface area contributed by atoms with Gasteiger partial charge < -0.3 is 30.7 Å². The Balaban J connectivity index is 0.000000280. The summed E-state index contributed by atoms with van der Waals surface area (Å²) in [5.41, 5.74) is 1.22. The molecule has 272 valence electrons. The number of rotatable bonds is 14. The molecule has 16 heteroatoms. The number of hydrogen-bond acceptors (Lipinski definition) is 7. The Morgan fingerprint density at radius 1 is 0.577 bits per heavy atom. The van der Waals surface area contributed by atoms with Crippen LogP contribution in [0.3, 0.4) is 0 Å². The molecule has 0 heterocycles. The van der Waals surface area contributed by atoms with E-state index in [1.165, 1.54) is 36.4 Å². The molecular formula is C36H30Cl4N2O10. The summed E-state index contributed by atoms with van der Waals surface area (Å²) in [7, 11) is 0. The molecule has 0 bridgehead atoms. The van der Waals surface area contributed by atoms with Gasteiger partial charge in [0, 0.05) is 37.6 Å². The summed E-state index contributed by atoms with van der Waals surface area (Å²) in [6.45, 7) is -0.285. The Morgan fingerprint density at radius 2 is 1.00 bits per heavy atom. The van der Waals surface area contributed by atoms with Crippen molar-refractivity contribution in [3.05, 3.63) is 139 Å². The van der Waals surface area contributed by atoms with Gasteiger partial charge in [0.15, 0.2) is 5.78 Å². The van der Waals surface area contributed by atoms with E-state index < -0.39 is 53.6 Å². The van der Waals surface area contributed by atoms with Crippen molar-refractivity contribution in [1.82, 2.24) is 10.6 Å². The lowest BCUT2D eigenvalue weighted by molar-refractivity contribution is -0.147. The van der Waals surface area contributed by atoms with Crippen LogP contribution in [0.5, 0.6) is 0 Å². The fourth-order valence-corrected chi connectivity index (χ4v) is 5.97. The molecule has 2 amide bonds. The summed E-state index contributed by atoms with van der Waals surface area (Å²) in [6.07, 6.45) is -0.598. The zero-order valence-corrected chi connectivity index (χ0v) is 29.8. The number of benzene rings is 4. The van der Waals surface area contributed by atoms with E-state index in [9.17, 15) is 44.1 Å². The molecule has 4 aromatic carbocycles. The molecule has 0 spiro atoms. The summed E-state index contributed by atoms with van der Waals surface area (Å²) in [4.78, 5) is 71.3. The van der Waals surface area contributed by atoms with Crippen molar-refractivity contribution in [1.29, 1.82) is 0 Å². The van der Waals surface area contributed by atoms with Gasteiger partial charge in [-0.1, -0.05) is 119 Å². The van der Waals surface area contributed by atoms with Crippen molar-refractivity contribution >= 4 is 82.1 Å². The number of amides is 2. The largest absolute Gasteiger partial charge is 0.480 e.